The molecule has 1 aromatic carbocycles. The molecule has 1 aromatic heterocycles. The Hall–Kier alpha value is -2.22. The van der Waals surface area contributed by atoms with Gasteiger partial charge in [-0.1, -0.05) is 0 Å². The van der Waals surface area contributed by atoms with Crippen molar-refractivity contribution < 1.29 is 13.2 Å². The monoisotopic (exact) mass is 365 g/mol. The van der Waals surface area contributed by atoms with Crippen molar-refractivity contribution in [3.8, 4) is 5.75 Å². The maximum Gasteiger partial charge on any atom is 0.269 e. The predicted octanol–water partition coefficient (Wildman–Crippen LogP) is 1.11. The van der Waals surface area contributed by atoms with E-state index in [4.69, 9.17) is 4.74 Å². The van der Waals surface area contributed by atoms with E-state index < -0.39 is 9.84 Å². The summed E-state index contributed by atoms with van der Waals surface area (Å²) < 4.78 is 30.2. The Bertz CT molecular complexity index is 883. The van der Waals surface area contributed by atoms with E-state index in [2.05, 4.69) is 10.00 Å². The summed E-state index contributed by atoms with van der Waals surface area (Å²) in [6, 6.07) is 7.60. The normalized spacial score (nSPS) is 16.8. The third-order valence-corrected chi connectivity index (χ3v) is 6.17. The summed E-state index contributed by atoms with van der Waals surface area (Å²) in [4.78, 5) is 14.0. The molecule has 1 fully saturated rings. The lowest BCUT2D eigenvalue weighted by molar-refractivity contribution is 0.289. The van der Waals surface area contributed by atoms with E-state index in [9.17, 15) is 13.2 Å². The van der Waals surface area contributed by atoms with Crippen molar-refractivity contribution in [1.82, 2.24) is 9.78 Å². The molecule has 7 nitrogen and oxygen atoms in total. The number of H-pyrrole nitrogens is 1. The van der Waals surface area contributed by atoms with Crippen molar-refractivity contribution in [3.63, 3.8) is 0 Å². The summed E-state index contributed by atoms with van der Waals surface area (Å²) in [5, 5.41) is 3.03. The van der Waals surface area contributed by atoms with Crippen LogP contribution in [0, 0.1) is 13.8 Å². The zero-order valence-electron chi connectivity index (χ0n) is 14.5. The number of rotatable bonds is 5. The number of nitrogens with zero attached hydrogens (tertiary/aromatic N) is 2. The summed E-state index contributed by atoms with van der Waals surface area (Å²) in [6.45, 7) is 5.57. The van der Waals surface area contributed by atoms with Gasteiger partial charge < -0.3 is 9.64 Å². The molecule has 2 aromatic rings. The van der Waals surface area contributed by atoms with E-state index >= 15 is 0 Å². The number of hydrogen-bond acceptors (Lipinski definition) is 5. The molecule has 0 radical (unpaired) electrons. The van der Waals surface area contributed by atoms with Crippen LogP contribution in [0.4, 0.5) is 5.69 Å². The summed E-state index contributed by atoms with van der Waals surface area (Å²) in [7, 11) is -2.87. The van der Waals surface area contributed by atoms with Crippen molar-refractivity contribution in [1.29, 1.82) is 0 Å². The first-order chi connectivity index (χ1) is 11.9. The van der Waals surface area contributed by atoms with E-state index in [1.54, 1.807) is 11.6 Å². The Morgan fingerprint density at radius 1 is 1.12 bits per heavy atom. The van der Waals surface area contributed by atoms with E-state index in [0.29, 0.717) is 26.2 Å². The summed E-state index contributed by atoms with van der Waals surface area (Å²) >= 11 is 0. The van der Waals surface area contributed by atoms with Gasteiger partial charge in [-0.2, -0.15) is 0 Å². The van der Waals surface area contributed by atoms with Crippen molar-refractivity contribution in [2.24, 2.45) is 0 Å². The Morgan fingerprint density at radius 2 is 1.76 bits per heavy atom. The summed E-state index contributed by atoms with van der Waals surface area (Å²) in [6.07, 6.45) is 0. The molecule has 1 aliphatic heterocycles. The van der Waals surface area contributed by atoms with E-state index in [0.717, 1.165) is 22.7 Å². The van der Waals surface area contributed by atoms with Gasteiger partial charge in [0.1, 0.15) is 12.4 Å². The lowest BCUT2D eigenvalue weighted by Gasteiger charge is -2.28. The molecule has 136 valence electrons. The Kier molecular flexibility index (Phi) is 4.89. The molecule has 0 aliphatic carbocycles. The van der Waals surface area contributed by atoms with Gasteiger partial charge in [0.15, 0.2) is 9.84 Å². The molecule has 0 spiro atoms. The number of aromatic nitrogens is 2. The average Bonchev–Trinajstić information content (AvgIpc) is 2.83. The molecular weight excluding hydrogens is 342 g/mol. The second kappa shape index (κ2) is 6.95. The third kappa shape index (κ3) is 4.07. The molecule has 3 rings (SSSR count). The lowest BCUT2D eigenvalue weighted by Crippen LogP contribution is -2.40. The fourth-order valence-corrected chi connectivity index (χ4v) is 4.04. The van der Waals surface area contributed by atoms with Crippen molar-refractivity contribution >= 4 is 15.5 Å². The molecule has 1 N–H and O–H groups in total. The van der Waals surface area contributed by atoms with Gasteiger partial charge in [0, 0.05) is 30.0 Å². The molecule has 0 unspecified atom stereocenters. The van der Waals surface area contributed by atoms with Gasteiger partial charge in [-0.05, 0) is 38.1 Å². The molecule has 1 saturated heterocycles. The Morgan fingerprint density at radius 3 is 2.32 bits per heavy atom. The molecule has 0 saturated carbocycles. The SMILES string of the molecule is Cc1[nH]n(CCOc2ccc(N3CCS(=O)(=O)CC3)cc2)c(=O)c1C. The van der Waals surface area contributed by atoms with Crippen LogP contribution in [0.1, 0.15) is 11.3 Å². The van der Waals surface area contributed by atoms with Crippen LogP contribution in [0.3, 0.4) is 0 Å². The second-order valence-corrected chi connectivity index (χ2v) is 8.60. The maximum absolute atomic E-state index is 11.9. The number of hydrogen-bond donors (Lipinski definition) is 1. The maximum atomic E-state index is 11.9. The van der Waals surface area contributed by atoms with E-state index in [1.165, 1.54) is 0 Å². The van der Waals surface area contributed by atoms with Crippen LogP contribution in [-0.2, 0) is 16.4 Å². The molecule has 0 amide bonds. The average molecular weight is 365 g/mol. The molecule has 1 aliphatic rings. The summed E-state index contributed by atoms with van der Waals surface area (Å²) in [5.41, 5.74) is 2.58. The number of sulfone groups is 1. The van der Waals surface area contributed by atoms with E-state index in [1.807, 2.05) is 31.2 Å². The molecular formula is C17H23N3O4S. The third-order valence-electron chi connectivity index (χ3n) is 4.56. The predicted molar refractivity (Wildman–Crippen MR) is 97.3 cm³/mol. The smallest absolute Gasteiger partial charge is 0.269 e. The van der Waals surface area contributed by atoms with Gasteiger partial charge in [0.05, 0.1) is 18.1 Å². The minimum atomic E-state index is -2.87. The quantitative estimate of drug-likeness (QED) is 0.858. The standard InChI is InChI=1S/C17H23N3O4S/c1-13-14(2)18-20(17(13)21)7-10-24-16-5-3-15(4-6-16)19-8-11-25(22,23)12-9-19/h3-6,18H,7-12H2,1-2H3. The van der Waals surface area contributed by atoms with Crippen molar-refractivity contribution in [3.05, 3.63) is 45.9 Å². The summed E-state index contributed by atoms with van der Waals surface area (Å²) in [5.74, 6) is 1.13. The zero-order chi connectivity index (χ0) is 18.0. The van der Waals surface area contributed by atoms with Crippen LogP contribution >= 0.6 is 0 Å². The van der Waals surface area contributed by atoms with Gasteiger partial charge in [0.2, 0.25) is 0 Å². The first-order valence-electron chi connectivity index (χ1n) is 8.30. The number of aromatic amines is 1. The highest BCUT2D eigenvalue weighted by atomic mass is 32.2. The van der Waals surface area contributed by atoms with Gasteiger partial charge in [-0.3, -0.25) is 9.89 Å². The first-order valence-corrected chi connectivity index (χ1v) is 10.1. The number of ether oxygens (including phenoxy) is 1. The van der Waals surface area contributed by atoms with Gasteiger partial charge >= 0.3 is 0 Å². The van der Waals surface area contributed by atoms with Crippen molar-refractivity contribution in [2.45, 2.75) is 20.4 Å². The molecule has 0 bridgehead atoms. The Labute approximate surface area is 147 Å². The van der Waals surface area contributed by atoms with Gasteiger partial charge in [0.25, 0.3) is 5.56 Å². The van der Waals surface area contributed by atoms with Crippen LogP contribution in [0.25, 0.3) is 0 Å². The first kappa shape index (κ1) is 17.6. The van der Waals surface area contributed by atoms with E-state index in [-0.39, 0.29) is 17.1 Å². The van der Waals surface area contributed by atoms with Crippen LogP contribution in [0.15, 0.2) is 29.1 Å². The van der Waals surface area contributed by atoms with Crippen LogP contribution in [-0.4, -0.2) is 49.4 Å². The van der Waals surface area contributed by atoms with Gasteiger partial charge in [-0.25, -0.2) is 13.1 Å². The van der Waals surface area contributed by atoms with Gasteiger partial charge in [-0.15, -0.1) is 0 Å². The molecule has 8 heteroatoms. The largest absolute Gasteiger partial charge is 0.492 e. The number of nitrogens with one attached hydrogen (secondary N) is 1. The van der Waals surface area contributed by atoms with Crippen LogP contribution in [0.5, 0.6) is 5.75 Å². The fourth-order valence-electron chi connectivity index (χ4n) is 2.84. The van der Waals surface area contributed by atoms with Crippen molar-refractivity contribution in [2.75, 3.05) is 36.1 Å². The Balaban J connectivity index is 1.54. The zero-order valence-corrected chi connectivity index (χ0v) is 15.3. The molecule has 0 atom stereocenters. The van der Waals surface area contributed by atoms with Crippen LogP contribution < -0.4 is 15.2 Å². The number of benzene rings is 1. The molecule has 2 heterocycles. The molecule has 25 heavy (non-hydrogen) atoms. The highest BCUT2D eigenvalue weighted by molar-refractivity contribution is 7.91. The number of aryl methyl sites for hydroxylation is 1. The lowest BCUT2D eigenvalue weighted by atomic mass is 10.2. The minimum Gasteiger partial charge on any atom is -0.492 e. The highest BCUT2D eigenvalue weighted by Crippen LogP contribution is 2.21. The minimum absolute atomic E-state index is 0.0171. The number of anilines is 1. The van der Waals surface area contributed by atoms with Crippen LogP contribution in [0.2, 0.25) is 0 Å². The fraction of sp³-hybridized carbons (Fsp3) is 0.471. The topological polar surface area (TPSA) is 84.4 Å². The highest BCUT2D eigenvalue weighted by Gasteiger charge is 2.21. The second-order valence-electron chi connectivity index (χ2n) is 6.30.